The van der Waals surface area contributed by atoms with E-state index in [1.54, 1.807) is 0 Å². The molecule has 0 saturated heterocycles. The Kier molecular flexibility index (Phi) is 10.5. The van der Waals surface area contributed by atoms with E-state index in [1.807, 2.05) is 20.8 Å². The highest BCUT2D eigenvalue weighted by Crippen LogP contribution is 2.47. The summed E-state index contributed by atoms with van der Waals surface area (Å²) in [6.45, 7) is 9.96. The van der Waals surface area contributed by atoms with Crippen LogP contribution in [0.25, 0.3) is 0 Å². The molecule has 0 aromatic carbocycles. The second-order valence-corrected chi connectivity index (χ2v) is 15.4. The second kappa shape index (κ2) is 9.92. The Hall–Kier alpha value is 1.10. The third kappa shape index (κ3) is 9.07. The van der Waals surface area contributed by atoms with Crippen molar-refractivity contribution in [1.29, 1.82) is 0 Å². The molecule has 0 spiro atoms. The van der Waals surface area contributed by atoms with E-state index in [2.05, 4.69) is 18.9 Å². The quantitative estimate of drug-likeness (QED) is 0.270. The summed E-state index contributed by atoms with van der Waals surface area (Å²) in [5.74, 6) is 0. The van der Waals surface area contributed by atoms with Crippen molar-refractivity contribution < 1.29 is 13.3 Å². The molecular formula is C11H27O3PS2Si. The summed E-state index contributed by atoms with van der Waals surface area (Å²) in [6, 6.07) is 0.881. The summed E-state index contributed by atoms with van der Waals surface area (Å²) in [5.41, 5.74) is 0. The zero-order valence-electron chi connectivity index (χ0n) is 12.0. The first-order valence-electron chi connectivity index (χ1n) is 6.60. The summed E-state index contributed by atoms with van der Waals surface area (Å²) in [4.78, 5) is 0. The van der Waals surface area contributed by atoms with Gasteiger partial charge in [0.2, 0.25) is 0 Å². The second-order valence-electron chi connectivity index (χ2n) is 4.21. The van der Waals surface area contributed by atoms with E-state index in [1.165, 1.54) is 0 Å². The molecule has 1 atom stereocenters. The molecule has 0 amide bonds. The molecule has 0 aromatic rings. The van der Waals surface area contributed by atoms with Crippen molar-refractivity contribution in [3.8, 4) is 0 Å². The highest BCUT2D eigenvalue weighted by atomic mass is 32.9. The van der Waals surface area contributed by atoms with E-state index in [4.69, 9.17) is 25.1 Å². The standard InChI is InChI=1S/C11H27O3PS2Si/c1-5-12-18(13-6-2,14-7-3)11-9-8-10-15(4,16)17/h5-11H2,1-4H3,(H,16,17). The lowest BCUT2D eigenvalue weighted by atomic mass is 10.4. The van der Waals surface area contributed by atoms with E-state index in [0.717, 1.165) is 25.0 Å². The maximum Gasteiger partial charge on any atom is 0.500 e. The van der Waals surface area contributed by atoms with Gasteiger partial charge in [-0.3, -0.25) is 0 Å². The monoisotopic (exact) mass is 330 g/mol. The molecule has 0 N–H and O–H groups in total. The molecular weight excluding hydrogens is 303 g/mol. The molecule has 0 radical (unpaired) electrons. The molecule has 0 aliphatic carbocycles. The molecule has 1 unspecified atom stereocenters. The van der Waals surface area contributed by atoms with Crippen molar-refractivity contribution >= 4 is 38.1 Å². The average molecular weight is 331 g/mol. The van der Waals surface area contributed by atoms with Gasteiger partial charge in [0.25, 0.3) is 0 Å². The van der Waals surface area contributed by atoms with Crippen molar-refractivity contribution in [2.24, 2.45) is 0 Å². The number of rotatable bonds is 11. The van der Waals surface area contributed by atoms with Crippen molar-refractivity contribution in [2.75, 3.05) is 32.6 Å². The van der Waals surface area contributed by atoms with Crippen molar-refractivity contribution in [2.45, 2.75) is 39.7 Å². The fourth-order valence-corrected chi connectivity index (χ4v) is 6.06. The van der Waals surface area contributed by atoms with Crippen LogP contribution in [0.2, 0.25) is 6.04 Å². The molecule has 110 valence electrons. The lowest BCUT2D eigenvalue weighted by Gasteiger charge is -2.28. The van der Waals surface area contributed by atoms with Gasteiger partial charge in [-0.15, -0.1) is 12.2 Å². The van der Waals surface area contributed by atoms with Crippen LogP contribution >= 0.6 is 17.5 Å². The normalized spacial score (nSPS) is 15.6. The van der Waals surface area contributed by atoms with Gasteiger partial charge in [-0.05, 0) is 46.4 Å². The minimum absolute atomic E-state index is 0.643. The van der Waals surface area contributed by atoms with Gasteiger partial charge in [-0.2, -0.15) is 0 Å². The lowest BCUT2D eigenvalue weighted by Crippen LogP contribution is -2.45. The summed E-state index contributed by atoms with van der Waals surface area (Å²) < 4.78 is 17.4. The Morgan fingerprint density at radius 1 is 1.00 bits per heavy atom. The van der Waals surface area contributed by atoms with Crippen LogP contribution in [0.1, 0.15) is 33.6 Å². The number of thiol groups is 1. The molecule has 0 rings (SSSR count). The number of unbranched alkanes of at least 4 members (excludes halogenated alkanes) is 1. The van der Waals surface area contributed by atoms with E-state index < -0.39 is 14.0 Å². The third-order valence-electron chi connectivity index (χ3n) is 2.40. The highest BCUT2D eigenvalue weighted by Gasteiger charge is 2.39. The smallest absolute Gasteiger partial charge is 0.374 e. The molecule has 0 bridgehead atoms. The van der Waals surface area contributed by atoms with Crippen LogP contribution < -0.4 is 0 Å². The van der Waals surface area contributed by atoms with Gasteiger partial charge in [-0.1, -0.05) is 11.8 Å². The van der Waals surface area contributed by atoms with Crippen molar-refractivity contribution in [3.63, 3.8) is 0 Å². The Labute approximate surface area is 124 Å². The van der Waals surface area contributed by atoms with Crippen LogP contribution in [0.4, 0.5) is 0 Å². The van der Waals surface area contributed by atoms with Crippen molar-refractivity contribution in [3.05, 3.63) is 0 Å². The Bertz CT molecular complexity index is 244. The van der Waals surface area contributed by atoms with E-state index in [-0.39, 0.29) is 0 Å². The molecule has 0 fully saturated rings. The fourth-order valence-electron chi connectivity index (χ4n) is 1.75. The predicted molar refractivity (Wildman–Crippen MR) is 88.7 cm³/mol. The first kappa shape index (κ1) is 19.1. The van der Waals surface area contributed by atoms with Crippen LogP contribution in [0.15, 0.2) is 0 Å². The molecule has 0 aliphatic heterocycles. The molecule has 7 heteroatoms. The summed E-state index contributed by atoms with van der Waals surface area (Å²) in [5, 5.41) is -1.37. The van der Waals surface area contributed by atoms with Crippen molar-refractivity contribution in [1.82, 2.24) is 0 Å². The largest absolute Gasteiger partial charge is 0.500 e. The molecule has 0 heterocycles. The molecule has 3 nitrogen and oxygen atoms in total. The van der Waals surface area contributed by atoms with Crippen LogP contribution in [-0.4, -0.2) is 41.5 Å². The Morgan fingerprint density at radius 2 is 1.44 bits per heavy atom. The van der Waals surface area contributed by atoms with Gasteiger partial charge in [0.15, 0.2) is 0 Å². The zero-order chi connectivity index (χ0) is 14.1. The summed E-state index contributed by atoms with van der Waals surface area (Å²) >= 11 is 9.81. The average Bonchev–Trinajstić information content (AvgIpc) is 2.24. The lowest BCUT2D eigenvalue weighted by molar-refractivity contribution is 0.0708. The first-order chi connectivity index (χ1) is 8.39. The zero-order valence-corrected chi connectivity index (χ0v) is 15.6. The SMILES string of the molecule is CCO[Si](CCCCP(C)(=S)S)(OCC)OCC. The molecule has 18 heavy (non-hydrogen) atoms. The van der Waals surface area contributed by atoms with E-state index in [0.29, 0.717) is 19.8 Å². The highest BCUT2D eigenvalue weighted by molar-refractivity contribution is 8.63. The predicted octanol–water partition coefficient (Wildman–Crippen LogP) is 3.77. The minimum atomic E-state index is -2.44. The minimum Gasteiger partial charge on any atom is -0.374 e. The Balaban J connectivity index is 4.25. The van der Waals surface area contributed by atoms with E-state index >= 15 is 0 Å². The van der Waals surface area contributed by atoms with Crippen LogP contribution in [0.5, 0.6) is 0 Å². The molecule has 0 saturated carbocycles. The van der Waals surface area contributed by atoms with Gasteiger partial charge < -0.3 is 13.3 Å². The molecule has 0 aromatic heterocycles. The Morgan fingerprint density at radius 3 is 1.78 bits per heavy atom. The van der Waals surface area contributed by atoms with Gasteiger partial charge in [0, 0.05) is 31.1 Å². The first-order valence-corrected chi connectivity index (χ1v) is 13.1. The summed E-state index contributed by atoms with van der Waals surface area (Å²) in [7, 11) is -2.44. The summed E-state index contributed by atoms with van der Waals surface area (Å²) in [6.07, 6.45) is 3.15. The fraction of sp³-hybridized carbons (Fsp3) is 1.00. The topological polar surface area (TPSA) is 27.7 Å². The van der Waals surface area contributed by atoms with Gasteiger partial charge in [0.1, 0.15) is 0 Å². The van der Waals surface area contributed by atoms with Gasteiger partial charge in [-0.25, -0.2) is 0 Å². The maximum atomic E-state index is 5.80. The van der Waals surface area contributed by atoms with Gasteiger partial charge in [0.05, 0.1) is 0 Å². The van der Waals surface area contributed by atoms with Gasteiger partial charge >= 0.3 is 8.80 Å². The van der Waals surface area contributed by atoms with Crippen LogP contribution in [0, 0.1) is 0 Å². The van der Waals surface area contributed by atoms with E-state index in [9.17, 15) is 0 Å². The molecule has 0 aliphatic rings. The maximum absolute atomic E-state index is 5.80. The third-order valence-corrected chi connectivity index (χ3v) is 7.84. The van der Waals surface area contributed by atoms with Crippen LogP contribution in [0.3, 0.4) is 0 Å². The van der Waals surface area contributed by atoms with Crippen LogP contribution in [-0.2, 0) is 25.1 Å². The number of hydrogen-bond donors (Lipinski definition) is 1. The number of hydrogen-bond acceptors (Lipinski definition) is 4.